The first kappa shape index (κ1) is 15.5. The molecule has 2 heterocycles. The topological polar surface area (TPSA) is 18.8 Å². The molecule has 1 unspecified atom stereocenters. The molecule has 3 nitrogen and oxygen atoms in total. The lowest BCUT2D eigenvalue weighted by Crippen LogP contribution is -2.33. The maximum atomic E-state index is 4.64. The highest BCUT2D eigenvalue weighted by Gasteiger charge is 2.28. The van der Waals surface area contributed by atoms with E-state index in [1.165, 1.54) is 23.1 Å². The highest BCUT2D eigenvalue weighted by Crippen LogP contribution is 2.33. The van der Waals surface area contributed by atoms with Crippen LogP contribution in [0.5, 0.6) is 0 Å². The minimum absolute atomic E-state index is 0.441. The zero-order chi connectivity index (χ0) is 15.4. The summed E-state index contributed by atoms with van der Waals surface area (Å²) in [5.41, 5.74) is 4.17. The third kappa shape index (κ3) is 3.33. The zero-order valence-corrected chi connectivity index (χ0v) is 14.4. The van der Waals surface area contributed by atoms with Crippen molar-refractivity contribution in [2.75, 3.05) is 26.2 Å². The molecule has 0 bridgehead atoms. The van der Waals surface area contributed by atoms with Crippen LogP contribution in [0.15, 0.2) is 39.7 Å². The van der Waals surface area contributed by atoms with Crippen LogP contribution >= 0.6 is 11.3 Å². The Labute approximate surface area is 137 Å². The predicted molar refractivity (Wildman–Crippen MR) is 96.4 cm³/mol. The van der Waals surface area contributed by atoms with Crippen LogP contribution in [0.2, 0.25) is 0 Å². The molecule has 3 rings (SSSR count). The third-order valence-electron chi connectivity index (χ3n) is 4.64. The maximum Gasteiger partial charge on any atom is 0.0775 e. The number of hydrazone groups is 1. The average Bonchev–Trinajstić information content (AvgIpc) is 3.21. The molecule has 1 atom stereocenters. The third-order valence-corrected chi connectivity index (χ3v) is 5.32. The van der Waals surface area contributed by atoms with Crippen molar-refractivity contribution in [1.29, 1.82) is 0 Å². The van der Waals surface area contributed by atoms with Gasteiger partial charge in [0.15, 0.2) is 0 Å². The number of thiophene rings is 1. The summed E-state index contributed by atoms with van der Waals surface area (Å²) < 4.78 is 0. The quantitative estimate of drug-likeness (QED) is 0.761. The molecular weight excluding hydrogens is 290 g/mol. The Morgan fingerprint density at radius 2 is 2.18 bits per heavy atom. The van der Waals surface area contributed by atoms with E-state index < -0.39 is 0 Å². The second-order valence-electron chi connectivity index (χ2n) is 5.88. The molecule has 0 spiro atoms. The van der Waals surface area contributed by atoms with Crippen LogP contribution in [0.3, 0.4) is 0 Å². The predicted octanol–water partition coefficient (Wildman–Crippen LogP) is 3.86. The summed E-state index contributed by atoms with van der Waals surface area (Å²) >= 11 is 1.77. The molecule has 1 aromatic heterocycles. The number of rotatable bonds is 7. The fourth-order valence-corrected chi connectivity index (χ4v) is 3.88. The van der Waals surface area contributed by atoms with E-state index in [1.807, 2.05) is 6.21 Å². The average molecular weight is 315 g/mol. The summed E-state index contributed by atoms with van der Waals surface area (Å²) in [6, 6.07) is 2.66. The fourth-order valence-electron chi connectivity index (χ4n) is 3.20. The molecule has 4 heteroatoms. The summed E-state index contributed by atoms with van der Waals surface area (Å²) in [6.07, 6.45) is 8.81. The van der Waals surface area contributed by atoms with E-state index in [2.05, 4.69) is 57.8 Å². The summed E-state index contributed by atoms with van der Waals surface area (Å²) in [6.45, 7) is 8.96. The van der Waals surface area contributed by atoms with Gasteiger partial charge in [-0.3, -0.25) is 5.01 Å². The van der Waals surface area contributed by atoms with E-state index in [0.29, 0.717) is 6.04 Å². The molecule has 2 aliphatic rings. The summed E-state index contributed by atoms with van der Waals surface area (Å²) in [4.78, 5) is 2.48. The van der Waals surface area contributed by atoms with E-state index in [4.69, 9.17) is 0 Å². The number of hydrogen-bond donors (Lipinski definition) is 0. The largest absolute Gasteiger partial charge is 0.304 e. The lowest BCUT2D eigenvalue weighted by atomic mass is 9.91. The number of nitrogens with zero attached hydrogens (tertiary/aromatic N) is 3. The minimum Gasteiger partial charge on any atom is -0.304 e. The molecular formula is C18H25N3S. The highest BCUT2D eigenvalue weighted by atomic mass is 32.1. The van der Waals surface area contributed by atoms with Gasteiger partial charge in [0.25, 0.3) is 0 Å². The van der Waals surface area contributed by atoms with E-state index in [9.17, 15) is 0 Å². The first-order valence-corrected chi connectivity index (χ1v) is 9.22. The Hall–Kier alpha value is -1.39. The first-order valence-electron chi connectivity index (χ1n) is 8.28. The van der Waals surface area contributed by atoms with Crippen molar-refractivity contribution < 1.29 is 0 Å². The second-order valence-corrected chi connectivity index (χ2v) is 6.66. The van der Waals surface area contributed by atoms with E-state index >= 15 is 0 Å². The molecule has 22 heavy (non-hydrogen) atoms. The van der Waals surface area contributed by atoms with Crippen LogP contribution in [0.1, 0.15) is 32.3 Å². The molecule has 118 valence electrons. The van der Waals surface area contributed by atoms with Gasteiger partial charge in [-0.05, 0) is 66.0 Å². The van der Waals surface area contributed by atoms with Crippen LogP contribution in [0.25, 0.3) is 5.57 Å². The van der Waals surface area contributed by atoms with Gasteiger partial charge >= 0.3 is 0 Å². The Morgan fingerprint density at radius 3 is 2.91 bits per heavy atom. The van der Waals surface area contributed by atoms with Gasteiger partial charge in [0.2, 0.25) is 0 Å². The van der Waals surface area contributed by atoms with Crippen molar-refractivity contribution in [1.82, 2.24) is 9.91 Å². The molecule has 0 aromatic carbocycles. The Kier molecular flexibility index (Phi) is 5.11. The van der Waals surface area contributed by atoms with Crippen LogP contribution < -0.4 is 0 Å². The van der Waals surface area contributed by atoms with Crippen LogP contribution in [0, 0.1) is 0 Å². The van der Waals surface area contributed by atoms with Crippen molar-refractivity contribution in [2.45, 2.75) is 32.7 Å². The van der Waals surface area contributed by atoms with Gasteiger partial charge in [-0.25, -0.2) is 0 Å². The number of hydrogen-bond acceptors (Lipinski definition) is 4. The molecule has 0 radical (unpaired) electrons. The van der Waals surface area contributed by atoms with Crippen molar-refractivity contribution in [2.24, 2.45) is 5.10 Å². The summed E-state index contributed by atoms with van der Waals surface area (Å²) in [5, 5.41) is 11.3. The number of allylic oxidation sites excluding steroid dienone is 2. The smallest absolute Gasteiger partial charge is 0.0775 e. The van der Waals surface area contributed by atoms with Crippen molar-refractivity contribution in [3.8, 4) is 0 Å². The van der Waals surface area contributed by atoms with Gasteiger partial charge in [-0.2, -0.15) is 16.4 Å². The van der Waals surface area contributed by atoms with Crippen molar-refractivity contribution in [3.05, 3.63) is 40.1 Å². The van der Waals surface area contributed by atoms with Crippen LogP contribution in [-0.2, 0) is 0 Å². The summed E-state index contributed by atoms with van der Waals surface area (Å²) in [5.74, 6) is 0. The molecule has 1 aromatic rings. The molecule has 1 aliphatic carbocycles. The normalized spacial score (nSPS) is 20.3. The molecule has 0 saturated heterocycles. The summed E-state index contributed by atoms with van der Waals surface area (Å²) in [7, 11) is 0. The minimum atomic E-state index is 0.441. The molecule has 1 aliphatic heterocycles. The SMILES string of the molecule is CCN(CC)CCCN1N=CC2=CC=C(c3ccsc3)CC21. The molecule has 0 saturated carbocycles. The van der Waals surface area contributed by atoms with Gasteiger partial charge < -0.3 is 4.90 Å². The van der Waals surface area contributed by atoms with Crippen LogP contribution in [-0.4, -0.2) is 48.3 Å². The maximum absolute atomic E-state index is 4.64. The van der Waals surface area contributed by atoms with Gasteiger partial charge in [-0.15, -0.1) is 0 Å². The van der Waals surface area contributed by atoms with Gasteiger partial charge in [-0.1, -0.05) is 26.0 Å². The van der Waals surface area contributed by atoms with Crippen molar-refractivity contribution in [3.63, 3.8) is 0 Å². The van der Waals surface area contributed by atoms with E-state index in [0.717, 1.165) is 32.6 Å². The first-order chi connectivity index (χ1) is 10.8. The standard InChI is InChI=1S/C18H25N3S/c1-3-20(4-2)9-5-10-21-18-12-15(17-8-11-22-14-17)6-7-16(18)13-19-21/h6-8,11,13-14,18H,3-5,9-10,12H2,1-2H3. The molecule has 0 fully saturated rings. The van der Waals surface area contributed by atoms with Gasteiger partial charge in [0.1, 0.15) is 0 Å². The Morgan fingerprint density at radius 1 is 1.32 bits per heavy atom. The number of fused-ring (bicyclic) bond motifs is 1. The van der Waals surface area contributed by atoms with Crippen molar-refractivity contribution >= 4 is 23.1 Å². The Balaban J connectivity index is 1.58. The highest BCUT2D eigenvalue weighted by molar-refractivity contribution is 7.08. The zero-order valence-electron chi connectivity index (χ0n) is 13.5. The lowest BCUT2D eigenvalue weighted by Gasteiger charge is -2.28. The Bertz CT molecular complexity index is 567. The second kappa shape index (κ2) is 7.25. The fraction of sp³-hybridized carbons (Fsp3) is 0.500. The molecule has 0 N–H and O–H groups in total. The lowest BCUT2D eigenvalue weighted by molar-refractivity contribution is 0.222. The molecule has 0 amide bonds. The van der Waals surface area contributed by atoms with Crippen LogP contribution in [0.4, 0.5) is 0 Å². The van der Waals surface area contributed by atoms with E-state index in [-0.39, 0.29) is 0 Å². The van der Waals surface area contributed by atoms with Gasteiger partial charge in [0.05, 0.1) is 12.3 Å². The monoisotopic (exact) mass is 315 g/mol. The van der Waals surface area contributed by atoms with Gasteiger partial charge in [0, 0.05) is 6.54 Å². The van der Waals surface area contributed by atoms with E-state index in [1.54, 1.807) is 11.3 Å².